The molecule has 4 rings (SSSR count). The first-order valence-corrected chi connectivity index (χ1v) is 10.1. The zero-order valence-electron chi connectivity index (χ0n) is 17.6. The lowest BCUT2D eigenvalue weighted by Gasteiger charge is -2.48. The van der Waals surface area contributed by atoms with Crippen LogP contribution in [0.3, 0.4) is 0 Å². The van der Waals surface area contributed by atoms with Gasteiger partial charge in [-0.25, -0.2) is 14.5 Å². The van der Waals surface area contributed by atoms with E-state index in [1.165, 1.54) is 42.5 Å². The van der Waals surface area contributed by atoms with Crippen molar-refractivity contribution in [2.45, 2.75) is 18.8 Å². The van der Waals surface area contributed by atoms with Crippen LogP contribution < -0.4 is 15.1 Å². The molecular weight excluding hydrogens is 431 g/mol. The van der Waals surface area contributed by atoms with Crippen LogP contribution in [0.15, 0.2) is 91.0 Å². The van der Waals surface area contributed by atoms with E-state index in [-0.39, 0.29) is 11.4 Å². The summed E-state index contributed by atoms with van der Waals surface area (Å²) in [6, 6.07) is 19.8. The number of nitrogens with zero attached hydrogens (tertiary/aromatic N) is 2. The van der Waals surface area contributed by atoms with E-state index in [1.54, 1.807) is 48.5 Å². The van der Waals surface area contributed by atoms with Gasteiger partial charge in [-0.2, -0.15) is 13.2 Å². The number of carbonyl (C=O) groups excluding carboxylic acids is 2. The number of rotatable bonds is 4. The van der Waals surface area contributed by atoms with Crippen molar-refractivity contribution < 1.29 is 22.8 Å². The summed E-state index contributed by atoms with van der Waals surface area (Å²) in [6.07, 6.45) is -2.98. The van der Waals surface area contributed by atoms with E-state index < -0.39 is 23.9 Å². The summed E-state index contributed by atoms with van der Waals surface area (Å²) in [7, 11) is 0. The molecule has 1 saturated heterocycles. The smallest absolute Gasteiger partial charge is 0.303 e. The quantitative estimate of drug-likeness (QED) is 0.519. The summed E-state index contributed by atoms with van der Waals surface area (Å²) in [5, 5.41) is 2.06. The Morgan fingerprint density at radius 1 is 0.818 bits per heavy atom. The molecule has 1 atom stereocenters. The van der Waals surface area contributed by atoms with Gasteiger partial charge < -0.3 is 5.32 Å². The SMILES string of the molecule is Cc1ccc(/C=C/C2(C(F)(F)F)NC(=O)N(c3ccccc3)C(=O)N2c2ccccc2)cc1. The fraction of sp³-hybridized carbons (Fsp3) is 0.120. The van der Waals surface area contributed by atoms with Crippen LogP contribution in [0.25, 0.3) is 6.08 Å². The van der Waals surface area contributed by atoms with Crippen molar-refractivity contribution >= 4 is 29.5 Å². The average molecular weight is 451 g/mol. The third kappa shape index (κ3) is 4.07. The van der Waals surface area contributed by atoms with Gasteiger partial charge in [0.1, 0.15) is 0 Å². The van der Waals surface area contributed by atoms with Crippen LogP contribution in [0.2, 0.25) is 0 Å². The lowest BCUT2D eigenvalue weighted by Crippen LogP contribution is -2.77. The van der Waals surface area contributed by atoms with Gasteiger partial charge in [0.05, 0.1) is 5.69 Å². The van der Waals surface area contributed by atoms with Crippen LogP contribution in [0.4, 0.5) is 34.1 Å². The van der Waals surface area contributed by atoms with E-state index in [4.69, 9.17) is 0 Å². The molecule has 0 aliphatic carbocycles. The Morgan fingerprint density at radius 3 is 1.91 bits per heavy atom. The van der Waals surface area contributed by atoms with Gasteiger partial charge in [-0.3, -0.25) is 4.90 Å². The molecule has 8 heteroatoms. The minimum absolute atomic E-state index is 0.0192. The van der Waals surface area contributed by atoms with Gasteiger partial charge in [-0.05, 0) is 42.8 Å². The van der Waals surface area contributed by atoms with Crippen molar-refractivity contribution in [1.29, 1.82) is 0 Å². The second-order valence-corrected chi connectivity index (χ2v) is 7.56. The van der Waals surface area contributed by atoms with Crippen molar-refractivity contribution in [3.63, 3.8) is 0 Å². The summed E-state index contributed by atoms with van der Waals surface area (Å²) in [4.78, 5) is 27.7. The number of aryl methyl sites for hydroxylation is 1. The maximum absolute atomic E-state index is 14.7. The molecule has 5 nitrogen and oxygen atoms in total. The maximum atomic E-state index is 14.7. The number of anilines is 2. The zero-order valence-corrected chi connectivity index (χ0v) is 17.6. The van der Waals surface area contributed by atoms with E-state index in [2.05, 4.69) is 5.32 Å². The summed E-state index contributed by atoms with van der Waals surface area (Å²) in [5.74, 6) is 0. The van der Waals surface area contributed by atoms with Crippen molar-refractivity contribution in [1.82, 2.24) is 5.32 Å². The highest BCUT2D eigenvalue weighted by Gasteiger charge is 2.64. The second kappa shape index (κ2) is 8.46. The predicted octanol–water partition coefficient (Wildman–Crippen LogP) is 6.12. The minimum Gasteiger partial charge on any atom is -0.303 e. The fourth-order valence-corrected chi connectivity index (χ4v) is 3.61. The Hall–Kier alpha value is -4.07. The third-order valence-electron chi connectivity index (χ3n) is 5.29. The lowest BCUT2D eigenvalue weighted by atomic mass is 10.0. The van der Waals surface area contributed by atoms with Gasteiger partial charge in [0, 0.05) is 5.69 Å². The van der Waals surface area contributed by atoms with Gasteiger partial charge in [0.15, 0.2) is 0 Å². The molecule has 0 bridgehead atoms. The molecule has 4 amide bonds. The normalized spacial score (nSPS) is 19.2. The Kier molecular flexibility index (Phi) is 5.68. The molecule has 1 aliphatic rings. The number of nitrogens with one attached hydrogen (secondary N) is 1. The Bertz CT molecular complexity index is 1180. The molecule has 0 aromatic heterocycles. The van der Waals surface area contributed by atoms with Gasteiger partial charge in [0.25, 0.3) is 0 Å². The topological polar surface area (TPSA) is 52.7 Å². The summed E-state index contributed by atoms with van der Waals surface area (Å²) >= 11 is 0. The van der Waals surface area contributed by atoms with Crippen LogP contribution in [0, 0.1) is 6.92 Å². The highest BCUT2D eigenvalue weighted by atomic mass is 19.4. The first-order chi connectivity index (χ1) is 15.7. The molecule has 3 aromatic carbocycles. The standard InChI is InChI=1S/C25H20F3N3O2/c1-18-12-14-19(15-13-18)16-17-24(25(26,27)28)29-22(32)30(20-8-4-2-5-9-20)23(33)31(24)21-10-6-3-7-11-21/h2-17H,1H3,(H,29,32)/b17-16+. The molecule has 0 radical (unpaired) electrons. The number of para-hydroxylation sites is 2. The second-order valence-electron chi connectivity index (χ2n) is 7.56. The third-order valence-corrected chi connectivity index (χ3v) is 5.29. The Morgan fingerprint density at radius 2 is 1.36 bits per heavy atom. The molecule has 0 saturated carbocycles. The number of hydrogen-bond donors (Lipinski definition) is 1. The molecule has 0 spiro atoms. The maximum Gasteiger partial charge on any atom is 0.435 e. The van der Waals surface area contributed by atoms with Crippen molar-refractivity contribution in [2.24, 2.45) is 0 Å². The van der Waals surface area contributed by atoms with Crippen molar-refractivity contribution in [3.8, 4) is 0 Å². The molecule has 1 N–H and O–H groups in total. The van der Waals surface area contributed by atoms with Gasteiger partial charge >= 0.3 is 18.2 Å². The van der Waals surface area contributed by atoms with E-state index in [9.17, 15) is 22.8 Å². The zero-order chi connectivity index (χ0) is 23.6. The van der Waals surface area contributed by atoms with E-state index in [0.29, 0.717) is 15.4 Å². The largest absolute Gasteiger partial charge is 0.435 e. The fourth-order valence-electron chi connectivity index (χ4n) is 3.61. The van der Waals surface area contributed by atoms with Crippen LogP contribution in [0.5, 0.6) is 0 Å². The highest BCUT2D eigenvalue weighted by Crippen LogP contribution is 2.41. The Balaban J connectivity index is 1.89. The van der Waals surface area contributed by atoms with Crippen molar-refractivity contribution in [2.75, 3.05) is 9.80 Å². The molecule has 1 fully saturated rings. The number of halogens is 3. The first-order valence-electron chi connectivity index (χ1n) is 10.1. The number of alkyl halides is 3. The van der Waals surface area contributed by atoms with Gasteiger partial charge in [0.2, 0.25) is 5.66 Å². The van der Waals surface area contributed by atoms with Gasteiger partial charge in [-0.1, -0.05) is 72.3 Å². The highest BCUT2D eigenvalue weighted by molar-refractivity contribution is 6.22. The number of imide groups is 1. The number of hydrogen-bond acceptors (Lipinski definition) is 2. The number of urea groups is 2. The monoisotopic (exact) mass is 451 g/mol. The average Bonchev–Trinajstić information content (AvgIpc) is 2.79. The summed E-state index contributed by atoms with van der Waals surface area (Å²) < 4.78 is 44.1. The molecule has 33 heavy (non-hydrogen) atoms. The molecular formula is C25H20F3N3O2. The molecule has 1 aliphatic heterocycles. The Labute approximate surface area is 188 Å². The summed E-state index contributed by atoms with van der Waals surface area (Å²) in [5.41, 5.74) is -1.53. The van der Waals surface area contributed by atoms with E-state index >= 15 is 0 Å². The molecule has 3 aromatic rings. The molecule has 168 valence electrons. The predicted molar refractivity (Wildman–Crippen MR) is 121 cm³/mol. The lowest BCUT2D eigenvalue weighted by molar-refractivity contribution is -0.176. The van der Waals surface area contributed by atoms with E-state index in [1.807, 2.05) is 6.92 Å². The summed E-state index contributed by atoms with van der Waals surface area (Å²) in [6.45, 7) is 1.86. The van der Waals surface area contributed by atoms with Crippen LogP contribution in [0.1, 0.15) is 11.1 Å². The molecule has 1 heterocycles. The van der Waals surface area contributed by atoms with Crippen LogP contribution in [-0.2, 0) is 0 Å². The number of amides is 4. The van der Waals surface area contributed by atoms with E-state index in [0.717, 1.165) is 11.6 Å². The minimum atomic E-state index is -5.03. The van der Waals surface area contributed by atoms with Crippen LogP contribution in [-0.4, -0.2) is 23.9 Å². The number of benzene rings is 3. The molecule has 1 unspecified atom stereocenters. The van der Waals surface area contributed by atoms with Gasteiger partial charge in [-0.15, -0.1) is 0 Å². The number of carbonyl (C=O) groups is 2. The van der Waals surface area contributed by atoms with Crippen molar-refractivity contribution in [3.05, 3.63) is 102 Å². The van der Waals surface area contributed by atoms with Crippen LogP contribution >= 0.6 is 0 Å². The first kappa shape index (κ1) is 22.1.